The third-order valence-corrected chi connectivity index (χ3v) is 3.10. The summed E-state index contributed by atoms with van der Waals surface area (Å²) in [6.07, 6.45) is 1.04. The molecule has 0 aliphatic carbocycles. The molecule has 1 aliphatic heterocycles. The Kier molecular flexibility index (Phi) is 3.85. The first-order chi connectivity index (χ1) is 8.56. The van der Waals surface area contributed by atoms with Gasteiger partial charge in [-0.2, -0.15) is 0 Å². The van der Waals surface area contributed by atoms with Crippen LogP contribution in [0.1, 0.15) is 38.2 Å². The molecule has 1 aromatic rings. The minimum Gasteiger partial charge on any atom is -0.296 e. The van der Waals surface area contributed by atoms with Gasteiger partial charge in [-0.25, -0.2) is 0 Å². The number of nitrogens with one attached hydrogen (secondary N) is 1. The summed E-state index contributed by atoms with van der Waals surface area (Å²) in [5, 5.41) is 2.39. The maximum atomic E-state index is 11.7. The smallest absolute Gasteiger partial charge is 0.234 e. The lowest BCUT2D eigenvalue weighted by Crippen LogP contribution is -2.39. The number of carbonyl (C=O) groups excluding carboxylic acids is 2. The Hall–Kier alpha value is -1.58. The first kappa shape index (κ1) is 12.9. The predicted molar refractivity (Wildman–Crippen MR) is 72.1 cm³/mol. The summed E-state index contributed by atoms with van der Waals surface area (Å²) in [5.41, 5.74) is 2.15. The SMILES string of the molecule is CC(C)[B]c1ccc(C2CCC(=O)NC2=O)cc1. The lowest BCUT2D eigenvalue weighted by Gasteiger charge is -2.21. The van der Waals surface area contributed by atoms with E-state index in [1.54, 1.807) is 0 Å². The maximum absolute atomic E-state index is 11.7. The number of piperidine rings is 1. The second kappa shape index (κ2) is 5.38. The van der Waals surface area contributed by atoms with Crippen molar-refractivity contribution >= 4 is 24.6 Å². The maximum Gasteiger partial charge on any atom is 0.234 e. The zero-order valence-electron chi connectivity index (χ0n) is 10.8. The molecule has 0 saturated carbocycles. The number of rotatable bonds is 3. The minimum atomic E-state index is -0.184. The molecule has 1 radical (unpaired) electrons. The van der Waals surface area contributed by atoms with E-state index in [-0.39, 0.29) is 17.7 Å². The Morgan fingerprint density at radius 2 is 1.89 bits per heavy atom. The third-order valence-electron chi connectivity index (χ3n) is 3.10. The van der Waals surface area contributed by atoms with Gasteiger partial charge in [0.25, 0.3) is 0 Å². The van der Waals surface area contributed by atoms with E-state index in [2.05, 4.69) is 26.4 Å². The van der Waals surface area contributed by atoms with Crippen LogP contribution in [-0.2, 0) is 9.59 Å². The van der Waals surface area contributed by atoms with Gasteiger partial charge >= 0.3 is 0 Å². The topological polar surface area (TPSA) is 46.2 Å². The number of imide groups is 1. The van der Waals surface area contributed by atoms with Crippen LogP contribution in [0.3, 0.4) is 0 Å². The van der Waals surface area contributed by atoms with E-state index >= 15 is 0 Å². The second-order valence-corrected chi connectivity index (χ2v) is 5.08. The lowest BCUT2D eigenvalue weighted by molar-refractivity contribution is -0.134. The molecule has 1 heterocycles. The van der Waals surface area contributed by atoms with Crippen molar-refractivity contribution in [3.05, 3.63) is 29.8 Å². The summed E-state index contributed by atoms with van der Waals surface area (Å²) >= 11 is 0. The van der Waals surface area contributed by atoms with Crippen LogP contribution in [0.15, 0.2) is 24.3 Å². The molecule has 0 aromatic heterocycles. The largest absolute Gasteiger partial charge is 0.296 e. The molecule has 0 bridgehead atoms. The highest BCUT2D eigenvalue weighted by atomic mass is 16.2. The molecule has 1 fully saturated rings. The fourth-order valence-electron chi connectivity index (χ4n) is 2.24. The van der Waals surface area contributed by atoms with Crippen LogP contribution in [-0.4, -0.2) is 19.1 Å². The first-order valence-electron chi connectivity index (χ1n) is 6.35. The van der Waals surface area contributed by atoms with E-state index < -0.39 is 0 Å². The van der Waals surface area contributed by atoms with Crippen molar-refractivity contribution in [2.75, 3.05) is 0 Å². The highest BCUT2D eigenvalue weighted by Crippen LogP contribution is 2.23. The Morgan fingerprint density at radius 3 is 2.44 bits per heavy atom. The Labute approximate surface area is 108 Å². The van der Waals surface area contributed by atoms with E-state index in [1.165, 1.54) is 5.46 Å². The molecule has 1 unspecified atom stereocenters. The van der Waals surface area contributed by atoms with Gasteiger partial charge in [-0.1, -0.05) is 49.4 Å². The summed E-state index contributed by atoms with van der Waals surface area (Å²) in [5.74, 6) is -0.0184. The van der Waals surface area contributed by atoms with E-state index in [1.807, 2.05) is 24.3 Å². The second-order valence-electron chi connectivity index (χ2n) is 5.08. The predicted octanol–water partition coefficient (Wildman–Crippen LogP) is 1.36. The Bertz CT molecular complexity index is 453. The number of carbonyl (C=O) groups is 2. The molecule has 1 aromatic carbocycles. The monoisotopic (exact) mass is 242 g/mol. The molecule has 0 spiro atoms. The molecule has 1 N–H and O–H groups in total. The Balaban J connectivity index is 2.09. The molecule has 2 amide bonds. The van der Waals surface area contributed by atoms with Crippen LogP contribution < -0.4 is 10.8 Å². The van der Waals surface area contributed by atoms with Gasteiger partial charge in [-0.05, 0) is 12.0 Å². The molecule has 3 nitrogen and oxygen atoms in total. The van der Waals surface area contributed by atoms with Gasteiger partial charge in [0.1, 0.15) is 0 Å². The fourth-order valence-corrected chi connectivity index (χ4v) is 2.24. The highest BCUT2D eigenvalue weighted by Gasteiger charge is 2.27. The van der Waals surface area contributed by atoms with Crippen molar-refractivity contribution in [2.24, 2.45) is 0 Å². The molecule has 1 aliphatic rings. The Morgan fingerprint density at radius 1 is 1.22 bits per heavy atom. The summed E-state index contributed by atoms with van der Waals surface area (Å²) < 4.78 is 0. The molecule has 4 heteroatoms. The average molecular weight is 242 g/mol. The first-order valence-corrected chi connectivity index (χ1v) is 6.35. The van der Waals surface area contributed by atoms with Crippen LogP contribution >= 0.6 is 0 Å². The number of hydrogen-bond donors (Lipinski definition) is 1. The van der Waals surface area contributed by atoms with Gasteiger partial charge in [0.15, 0.2) is 7.28 Å². The average Bonchev–Trinajstić information content (AvgIpc) is 2.30. The zero-order valence-corrected chi connectivity index (χ0v) is 10.8. The normalized spacial score (nSPS) is 19.8. The van der Waals surface area contributed by atoms with Crippen LogP contribution in [0.5, 0.6) is 0 Å². The minimum absolute atomic E-state index is 0.166. The number of amides is 2. The quantitative estimate of drug-likeness (QED) is 0.642. The number of hydrogen-bond acceptors (Lipinski definition) is 2. The van der Waals surface area contributed by atoms with Gasteiger partial charge in [-0.3, -0.25) is 14.9 Å². The summed E-state index contributed by atoms with van der Waals surface area (Å²) in [7, 11) is 2.17. The van der Waals surface area contributed by atoms with Crippen LogP contribution in [0.2, 0.25) is 5.82 Å². The van der Waals surface area contributed by atoms with Gasteiger partial charge in [-0.15, -0.1) is 0 Å². The molecular formula is C14H17BNO2. The van der Waals surface area contributed by atoms with Crippen molar-refractivity contribution in [3.63, 3.8) is 0 Å². The molecule has 93 valence electrons. The lowest BCUT2D eigenvalue weighted by atomic mass is 9.60. The van der Waals surface area contributed by atoms with Gasteiger partial charge in [0.05, 0.1) is 5.92 Å². The van der Waals surface area contributed by atoms with Crippen molar-refractivity contribution in [3.8, 4) is 0 Å². The van der Waals surface area contributed by atoms with Crippen LogP contribution in [0.25, 0.3) is 0 Å². The summed E-state index contributed by atoms with van der Waals surface area (Å²) in [6.45, 7) is 4.27. The van der Waals surface area contributed by atoms with Crippen molar-refractivity contribution in [1.29, 1.82) is 0 Å². The van der Waals surface area contributed by atoms with Crippen molar-refractivity contribution < 1.29 is 9.59 Å². The molecule has 2 rings (SSSR count). The zero-order chi connectivity index (χ0) is 13.1. The molecule has 1 saturated heterocycles. The fraction of sp³-hybridized carbons (Fsp3) is 0.429. The van der Waals surface area contributed by atoms with Crippen molar-refractivity contribution in [1.82, 2.24) is 5.32 Å². The van der Waals surface area contributed by atoms with Gasteiger partial charge in [0.2, 0.25) is 11.8 Å². The summed E-state index contributed by atoms with van der Waals surface area (Å²) in [4.78, 5) is 22.8. The molecule has 18 heavy (non-hydrogen) atoms. The van der Waals surface area contributed by atoms with E-state index in [0.29, 0.717) is 18.7 Å². The molecular weight excluding hydrogens is 225 g/mol. The van der Waals surface area contributed by atoms with Crippen molar-refractivity contribution in [2.45, 2.75) is 38.4 Å². The van der Waals surface area contributed by atoms with Crippen LogP contribution in [0, 0.1) is 0 Å². The van der Waals surface area contributed by atoms with E-state index in [4.69, 9.17) is 0 Å². The third kappa shape index (κ3) is 3.00. The van der Waals surface area contributed by atoms with E-state index in [0.717, 1.165) is 5.56 Å². The number of benzene rings is 1. The van der Waals surface area contributed by atoms with Gasteiger partial charge in [0, 0.05) is 6.42 Å². The van der Waals surface area contributed by atoms with E-state index in [9.17, 15) is 9.59 Å². The van der Waals surface area contributed by atoms with Crippen LogP contribution in [0.4, 0.5) is 0 Å². The van der Waals surface area contributed by atoms with Gasteiger partial charge < -0.3 is 0 Å². The standard InChI is InChI=1S/C14H17BNO2/c1-9(2)15-11-5-3-10(4-6-11)12-7-8-13(17)16-14(12)18/h3-6,9,12H,7-8H2,1-2H3,(H,16,17,18). The summed E-state index contributed by atoms with van der Waals surface area (Å²) in [6, 6.07) is 8.01. The highest BCUT2D eigenvalue weighted by molar-refractivity contribution is 6.54. The molecule has 1 atom stereocenters.